The zero-order valence-electron chi connectivity index (χ0n) is 28.0. The molecule has 252 valence electrons. The number of ether oxygens (including phenoxy) is 3. The van der Waals surface area contributed by atoms with E-state index in [1.54, 1.807) is 42.9 Å². The fourth-order valence-electron chi connectivity index (χ4n) is 5.76. The van der Waals surface area contributed by atoms with Gasteiger partial charge in [0, 0.05) is 5.56 Å². The number of halogens is 1. The fourth-order valence-corrected chi connectivity index (χ4v) is 7.34. The third-order valence-electron chi connectivity index (χ3n) is 8.31. The molecule has 1 aromatic heterocycles. The minimum Gasteiger partial charge on any atom is -0.493 e. The van der Waals surface area contributed by atoms with Crippen molar-refractivity contribution >= 4 is 45.0 Å². The lowest BCUT2D eigenvalue weighted by Crippen LogP contribution is -2.40. The van der Waals surface area contributed by atoms with Crippen molar-refractivity contribution in [2.45, 2.75) is 39.3 Å². The van der Waals surface area contributed by atoms with Crippen LogP contribution in [0.4, 0.5) is 0 Å². The quantitative estimate of drug-likeness (QED) is 0.139. The summed E-state index contributed by atoms with van der Waals surface area (Å²) in [6, 6.07) is 29.7. The predicted molar refractivity (Wildman–Crippen MR) is 198 cm³/mol. The van der Waals surface area contributed by atoms with Crippen LogP contribution in [0.1, 0.15) is 66.1 Å². The van der Waals surface area contributed by atoms with E-state index in [0.717, 1.165) is 22.3 Å². The highest BCUT2D eigenvalue weighted by Gasteiger charge is 2.35. The van der Waals surface area contributed by atoms with Crippen molar-refractivity contribution in [2.24, 2.45) is 4.99 Å². The molecule has 2 heterocycles. The topological polar surface area (TPSA) is 103 Å². The van der Waals surface area contributed by atoms with Gasteiger partial charge in [0.1, 0.15) is 6.61 Å². The van der Waals surface area contributed by atoms with Gasteiger partial charge in [-0.25, -0.2) is 9.79 Å². The van der Waals surface area contributed by atoms with Gasteiger partial charge in [0.15, 0.2) is 16.3 Å². The number of hydrogen-bond donors (Lipinski definition) is 0. The maximum Gasteiger partial charge on any atom is 0.338 e. The highest BCUT2D eigenvalue weighted by molar-refractivity contribution is 9.10. The van der Waals surface area contributed by atoms with Gasteiger partial charge in [-0.3, -0.25) is 9.36 Å². The van der Waals surface area contributed by atoms with Gasteiger partial charge in [0.05, 0.1) is 51.7 Å². The van der Waals surface area contributed by atoms with Gasteiger partial charge >= 0.3 is 5.97 Å². The van der Waals surface area contributed by atoms with E-state index in [1.165, 1.54) is 11.3 Å². The Morgan fingerprint density at radius 3 is 2.42 bits per heavy atom. The summed E-state index contributed by atoms with van der Waals surface area (Å²) >= 11 is 4.88. The molecule has 5 aromatic rings. The molecule has 0 aliphatic carbocycles. The van der Waals surface area contributed by atoms with Gasteiger partial charge in [-0.15, -0.1) is 0 Å². The van der Waals surface area contributed by atoms with E-state index in [-0.39, 0.29) is 18.8 Å². The van der Waals surface area contributed by atoms with Gasteiger partial charge in [0.2, 0.25) is 0 Å². The Morgan fingerprint density at radius 1 is 1.06 bits per heavy atom. The Balaban J connectivity index is 1.47. The molecular formula is C40H34BrN3O5S. The van der Waals surface area contributed by atoms with Crippen LogP contribution in [-0.4, -0.2) is 24.3 Å². The molecule has 0 radical (unpaired) electrons. The number of fused-ring (bicyclic) bond motifs is 1. The molecule has 50 heavy (non-hydrogen) atoms. The summed E-state index contributed by atoms with van der Waals surface area (Å²) in [7, 11) is 1.56. The van der Waals surface area contributed by atoms with E-state index in [4.69, 9.17) is 24.5 Å². The second-order valence-electron chi connectivity index (χ2n) is 11.9. The number of methoxy groups -OCH3 is 1. The molecule has 1 unspecified atom stereocenters. The molecule has 0 fully saturated rings. The smallest absolute Gasteiger partial charge is 0.338 e. The summed E-state index contributed by atoms with van der Waals surface area (Å²) in [5.41, 5.74) is 5.36. The zero-order chi connectivity index (χ0) is 35.4. The lowest BCUT2D eigenvalue weighted by atomic mass is 9.91. The van der Waals surface area contributed by atoms with Gasteiger partial charge in [-0.05, 0) is 81.4 Å². The molecular weight excluding hydrogens is 714 g/mol. The van der Waals surface area contributed by atoms with Crippen LogP contribution in [0.5, 0.6) is 11.5 Å². The van der Waals surface area contributed by atoms with Crippen molar-refractivity contribution in [3.63, 3.8) is 0 Å². The number of thiazole rings is 1. The third kappa shape index (κ3) is 7.06. The highest BCUT2D eigenvalue weighted by Crippen LogP contribution is 2.38. The molecule has 0 bridgehead atoms. The molecule has 4 aromatic carbocycles. The lowest BCUT2D eigenvalue weighted by Gasteiger charge is -2.26. The molecule has 8 nitrogen and oxygen atoms in total. The van der Waals surface area contributed by atoms with Crippen LogP contribution in [0.3, 0.4) is 0 Å². The van der Waals surface area contributed by atoms with Crippen LogP contribution in [0.2, 0.25) is 0 Å². The van der Waals surface area contributed by atoms with Crippen molar-refractivity contribution in [1.82, 2.24) is 4.57 Å². The Labute approximate surface area is 302 Å². The largest absolute Gasteiger partial charge is 0.493 e. The molecule has 0 N–H and O–H groups in total. The number of nitriles is 1. The SMILES string of the molecule is CCOC(=O)C1=C(c2ccccc2)N=c2s/c(=C/c3cc(Br)c(OCc4ccc(C#N)cc4)c(OC)c3)c(=O)n2C1c1ccc(C(C)C)cc1. The Hall–Kier alpha value is -5.24. The molecule has 1 atom stereocenters. The number of esters is 1. The van der Waals surface area contributed by atoms with Crippen molar-refractivity contribution < 1.29 is 19.0 Å². The van der Waals surface area contributed by atoms with E-state index in [9.17, 15) is 9.59 Å². The van der Waals surface area contributed by atoms with E-state index in [2.05, 4.69) is 35.8 Å². The summed E-state index contributed by atoms with van der Waals surface area (Å²) in [5.74, 6) is 0.778. The monoisotopic (exact) mass is 747 g/mol. The lowest BCUT2D eigenvalue weighted by molar-refractivity contribution is -0.138. The standard InChI is InChI=1S/C40H34BrN3O5S/c1-5-48-39(46)34-35(29-9-7-6-8-10-29)43-40-44(36(34)30-17-15-28(16-18-30)24(2)3)38(45)33(50-40)21-27-19-31(41)37(32(20-27)47-4)49-23-26-13-11-25(22-42)12-14-26/h6-21,24,36H,5,23H2,1-4H3/b33-21+. The molecule has 0 spiro atoms. The summed E-state index contributed by atoms with van der Waals surface area (Å²) in [5, 5.41) is 9.09. The number of nitrogens with zero attached hydrogens (tertiary/aromatic N) is 3. The first-order chi connectivity index (χ1) is 24.2. The van der Waals surface area contributed by atoms with E-state index in [0.29, 0.717) is 53.6 Å². The first kappa shape index (κ1) is 34.6. The molecule has 10 heteroatoms. The van der Waals surface area contributed by atoms with Gasteiger partial charge in [-0.2, -0.15) is 5.26 Å². The van der Waals surface area contributed by atoms with Crippen molar-refractivity contribution in [3.05, 3.63) is 154 Å². The number of carbonyl (C=O) groups is 1. The molecule has 1 aliphatic heterocycles. The Morgan fingerprint density at radius 2 is 1.78 bits per heavy atom. The van der Waals surface area contributed by atoms with E-state index < -0.39 is 12.0 Å². The zero-order valence-corrected chi connectivity index (χ0v) is 30.4. The number of carbonyl (C=O) groups excluding carboxylic acids is 1. The number of hydrogen-bond acceptors (Lipinski definition) is 8. The summed E-state index contributed by atoms with van der Waals surface area (Å²) in [6.07, 6.45) is 1.79. The fraction of sp³-hybridized carbons (Fsp3) is 0.200. The summed E-state index contributed by atoms with van der Waals surface area (Å²) < 4.78 is 20.1. The average Bonchev–Trinajstić information content (AvgIpc) is 3.44. The number of rotatable bonds is 10. The first-order valence-electron chi connectivity index (χ1n) is 16.1. The normalized spacial score (nSPS) is 14.2. The van der Waals surface area contributed by atoms with Crippen LogP contribution in [0.25, 0.3) is 11.8 Å². The highest BCUT2D eigenvalue weighted by atomic mass is 79.9. The predicted octanol–water partition coefficient (Wildman–Crippen LogP) is 7.28. The third-order valence-corrected chi connectivity index (χ3v) is 9.88. The van der Waals surface area contributed by atoms with Crippen LogP contribution < -0.4 is 24.4 Å². The molecule has 0 saturated carbocycles. The minimum atomic E-state index is -0.761. The summed E-state index contributed by atoms with van der Waals surface area (Å²) in [4.78, 5) is 33.6. The Bertz CT molecular complexity index is 2300. The van der Waals surface area contributed by atoms with Crippen molar-refractivity contribution in [3.8, 4) is 17.6 Å². The van der Waals surface area contributed by atoms with Crippen LogP contribution >= 0.6 is 27.3 Å². The van der Waals surface area contributed by atoms with Crippen LogP contribution in [-0.2, 0) is 16.1 Å². The summed E-state index contributed by atoms with van der Waals surface area (Å²) in [6.45, 7) is 6.45. The number of aromatic nitrogens is 1. The first-order valence-corrected chi connectivity index (χ1v) is 17.7. The minimum absolute atomic E-state index is 0.178. The van der Waals surface area contributed by atoms with Crippen LogP contribution in [0.15, 0.2) is 111 Å². The van der Waals surface area contributed by atoms with Gasteiger partial charge in [-0.1, -0.05) is 91.9 Å². The molecule has 0 amide bonds. The number of benzene rings is 4. The second kappa shape index (κ2) is 15.1. The maximum absolute atomic E-state index is 14.4. The van der Waals surface area contributed by atoms with Gasteiger partial charge < -0.3 is 14.2 Å². The average molecular weight is 749 g/mol. The van der Waals surface area contributed by atoms with E-state index in [1.807, 2.05) is 72.8 Å². The van der Waals surface area contributed by atoms with E-state index >= 15 is 0 Å². The van der Waals surface area contributed by atoms with Crippen LogP contribution in [0, 0.1) is 11.3 Å². The van der Waals surface area contributed by atoms with Crippen molar-refractivity contribution in [2.75, 3.05) is 13.7 Å². The Kier molecular flexibility index (Phi) is 10.5. The van der Waals surface area contributed by atoms with Crippen molar-refractivity contribution in [1.29, 1.82) is 5.26 Å². The maximum atomic E-state index is 14.4. The van der Waals surface area contributed by atoms with Gasteiger partial charge in [0.25, 0.3) is 5.56 Å². The molecule has 6 rings (SSSR count). The molecule has 1 aliphatic rings. The second-order valence-corrected chi connectivity index (χ2v) is 13.7. The molecule has 0 saturated heterocycles.